The fourth-order valence-corrected chi connectivity index (χ4v) is 3.35. The van der Waals surface area contributed by atoms with Crippen molar-refractivity contribution in [3.63, 3.8) is 0 Å². The van der Waals surface area contributed by atoms with Gasteiger partial charge in [0.1, 0.15) is 0 Å². The maximum absolute atomic E-state index is 12.8. The number of aryl methyl sites for hydroxylation is 1. The molecule has 0 spiro atoms. The van der Waals surface area contributed by atoms with Crippen LogP contribution in [0.25, 0.3) is 0 Å². The number of nitrogens with zero attached hydrogens (tertiary/aromatic N) is 2. The predicted molar refractivity (Wildman–Crippen MR) is 86.1 cm³/mol. The molecular weight excluding hydrogens is 328 g/mol. The first-order chi connectivity index (χ1) is 10.2. The van der Waals surface area contributed by atoms with Crippen molar-refractivity contribution in [2.24, 2.45) is 0 Å². The van der Waals surface area contributed by atoms with E-state index in [1.165, 1.54) is 11.1 Å². The molecule has 4 heteroatoms. The zero-order valence-corrected chi connectivity index (χ0v) is 13.5. The van der Waals surface area contributed by atoms with Gasteiger partial charge >= 0.3 is 0 Å². The third-order valence-electron chi connectivity index (χ3n) is 4.01. The van der Waals surface area contributed by atoms with Crippen LogP contribution in [-0.4, -0.2) is 22.3 Å². The Morgan fingerprint density at radius 2 is 2.14 bits per heavy atom. The second-order valence-corrected chi connectivity index (χ2v) is 6.32. The van der Waals surface area contributed by atoms with Crippen molar-refractivity contribution >= 4 is 21.8 Å². The summed E-state index contributed by atoms with van der Waals surface area (Å²) >= 11 is 3.38. The SMILES string of the molecule is Cc1ccccc1C1CCCN1C(=O)c1cncc(Br)c1. The highest BCUT2D eigenvalue weighted by molar-refractivity contribution is 9.10. The molecule has 3 nitrogen and oxygen atoms in total. The topological polar surface area (TPSA) is 33.2 Å². The van der Waals surface area contributed by atoms with Gasteiger partial charge in [-0.3, -0.25) is 9.78 Å². The molecule has 3 rings (SSSR count). The molecule has 108 valence electrons. The van der Waals surface area contributed by atoms with Crippen LogP contribution >= 0.6 is 15.9 Å². The maximum Gasteiger partial charge on any atom is 0.255 e. The number of halogens is 1. The van der Waals surface area contributed by atoms with Gasteiger partial charge in [0, 0.05) is 23.4 Å². The molecule has 2 heterocycles. The summed E-state index contributed by atoms with van der Waals surface area (Å²) in [5.74, 6) is 0.0644. The molecule has 2 aromatic rings. The average Bonchev–Trinajstić information content (AvgIpc) is 2.96. The number of likely N-dealkylation sites (tertiary alicyclic amines) is 1. The minimum absolute atomic E-state index is 0.0644. The van der Waals surface area contributed by atoms with Gasteiger partial charge in [0.15, 0.2) is 0 Å². The van der Waals surface area contributed by atoms with E-state index in [1.807, 2.05) is 23.1 Å². The monoisotopic (exact) mass is 344 g/mol. The van der Waals surface area contributed by atoms with Crippen molar-refractivity contribution in [2.45, 2.75) is 25.8 Å². The molecule has 1 aliphatic rings. The van der Waals surface area contributed by atoms with Crippen molar-refractivity contribution < 1.29 is 4.79 Å². The fourth-order valence-electron chi connectivity index (χ4n) is 2.99. The standard InChI is InChI=1S/C17H17BrN2O/c1-12-5-2-3-6-15(12)16-7-4-8-20(16)17(21)13-9-14(18)11-19-10-13/h2-3,5-6,9-11,16H,4,7-8H2,1H3. The Labute approximate surface area is 133 Å². The summed E-state index contributed by atoms with van der Waals surface area (Å²) in [6, 6.07) is 10.3. The first-order valence-electron chi connectivity index (χ1n) is 7.14. The van der Waals surface area contributed by atoms with Gasteiger partial charge in [-0.25, -0.2) is 0 Å². The minimum atomic E-state index is 0.0644. The molecule has 0 aliphatic carbocycles. The Morgan fingerprint density at radius 1 is 1.33 bits per heavy atom. The Balaban J connectivity index is 1.91. The van der Waals surface area contributed by atoms with Crippen molar-refractivity contribution in [2.75, 3.05) is 6.54 Å². The Kier molecular flexibility index (Phi) is 4.06. The Hall–Kier alpha value is -1.68. The summed E-state index contributed by atoms with van der Waals surface area (Å²) in [6.07, 6.45) is 5.41. The molecule has 0 radical (unpaired) electrons. The van der Waals surface area contributed by atoms with Gasteiger partial charge in [-0.1, -0.05) is 24.3 Å². The summed E-state index contributed by atoms with van der Waals surface area (Å²) in [5, 5.41) is 0. The molecule has 0 N–H and O–H groups in total. The minimum Gasteiger partial charge on any atom is -0.332 e. The number of hydrogen-bond acceptors (Lipinski definition) is 2. The number of aromatic nitrogens is 1. The van der Waals surface area contributed by atoms with E-state index in [-0.39, 0.29) is 11.9 Å². The lowest BCUT2D eigenvalue weighted by molar-refractivity contribution is 0.0735. The maximum atomic E-state index is 12.8. The van der Waals surface area contributed by atoms with Gasteiger partial charge in [0.2, 0.25) is 0 Å². The number of carbonyl (C=O) groups excluding carboxylic acids is 1. The van der Waals surface area contributed by atoms with Crippen LogP contribution in [0.4, 0.5) is 0 Å². The lowest BCUT2D eigenvalue weighted by Crippen LogP contribution is -2.31. The quantitative estimate of drug-likeness (QED) is 0.820. The number of rotatable bonds is 2. The van der Waals surface area contributed by atoms with Crippen molar-refractivity contribution in [3.8, 4) is 0 Å². The van der Waals surface area contributed by atoms with Gasteiger partial charge in [0.05, 0.1) is 11.6 Å². The highest BCUT2D eigenvalue weighted by atomic mass is 79.9. The predicted octanol–water partition coefficient (Wildman–Crippen LogP) is 4.13. The molecule has 1 fully saturated rings. The van der Waals surface area contributed by atoms with Crippen LogP contribution in [0.15, 0.2) is 47.2 Å². The molecule has 1 amide bonds. The van der Waals surface area contributed by atoms with Gasteiger partial charge in [0.25, 0.3) is 5.91 Å². The molecule has 0 saturated carbocycles. The lowest BCUT2D eigenvalue weighted by Gasteiger charge is -2.26. The number of benzene rings is 1. The van der Waals surface area contributed by atoms with E-state index >= 15 is 0 Å². The highest BCUT2D eigenvalue weighted by Gasteiger charge is 2.31. The molecule has 21 heavy (non-hydrogen) atoms. The van der Waals surface area contributed by atoms with E-state index in [4.69, 9.17) is 0 Å². The van der Waals surface area contributed by atoms with Crippen LogP contribution < -0.4 is 0 Å². The number of amides is 1. The highest BCUT2D eigenvalue weighted by Crippen LogP contribution is 2.34. The van der Waals surface area contributed by atoms with Crippen molar-refractivity contribution in [1.29, 1.82) is 0 Å². The van der Waals surface area contributed by atoms with Gasteiger partial charge in [-0.2, -0.15) is 0 Å². The van der Waals surface area contributed by atoms with Crippen molar-refractivity contribution in [1.82, 2.24) is 9.88 Å². The Morgan fingerprint density at radius 3 is 2.90 bits per heavy atom. The lowest BCUT2D eigenvalue weighted by atomic mass is 9.99. The molecule has 0 bridgehead atoms. The second kappa shape index (κ2) is 5.98. The number of pyridine rings is 1. The van der Waals surface area contributed by atoms with E-state index in [0.717, 1.165) is 23.9 Å². The Bertz CT molecular complexity index is 671. The van der Waals surface area contributed by atoms with Gasteiger partial charge in [-0.05, 0) is 52.9 Å². The fraction of sp³-hybridized carbons (Fsp3) is 0.294. The number of carbonyl (C=O) groups is 1. The third kappa shape index (κ3) is 2.86. The summed E-state index contributed by atoms with van der Waals surface area (Å²) in [4.78, 5) is 18.8. The van der Waals surface area contributed by atoms with Gasteiger partial charge < -0.3 is 4.90 Å². The van der Waals surface area contributed by atoms with Crippen LogP contribution in [0.5, 0.6) is 0 Å². The first kappa shape index (κ1) is 14.3. The van der Waals surface area contributed by atoms with Gasteiger partial charge in [-0.15, -0.1) is 0 Å². The number of hydrogen-bond donors (Lipinski definition) is 0. The normalized spacial score (nSPS) is 18.0. The molecule has 1 unspecified atom stereocenters. The van der Waals surface area contributed by atoms with Crippen molar-refractivity contribution in [3.05, 3.63) is 63.9 Å². The van der Waals surface area contributed by atoms with Crippen LogP contribution in [-0.2, 0) is 0 Å². The zero-order chi connectivity index (χ0) is 14.8. The average molecular weight is 345 g/mol. The largest absolute Gasteiger partial charge is 0.332 e. The molecule has 1 atom stereocenters. The summed E-state index contributed by atoms with van der Waals surface area (Å²) in [5.41, 5.74) is 3.14. The molecule has 1 aliphatic heterocycles. The van der Waals surface area contributed by atoms with E-state index < -0.39 is 0 Å². The van der Waals surface area contributed by atoms with Crippen LogP contribution in [0.1, 0.15) is 40.4 Å². The summed E-state index contributed by atoms with van der Waals surface area (Å²) in [7, 11) is 0. The van der Waals surface area contributed by atoms with E-state index in [2.05, 4.69) is 40.0 Å². The molecule has 1 saturated heterocycles. The third-order valence-corrected chi connectivity index (χ3v) is 4.45. The molecular formula is C17H17BrN2O. The zero-order valence-electron chi connectivity index (χ0n) is 11.9. The summed E-state index contributed by atoms with van der Waals surface area (Å²) in [6.45, 7) is 2.92. The van der Waals surface area contributed by atoms with E-state index in [1.54, 1.807) is 12.4 Å². The smallest absolute Gasteiger partial charge is 0.255 e. The van der Waals surface area contributed by atoms with E-state index in [0.29, 0.717) is 5.56 Å². The molecule has 1 aromatic heterocycles. The van der Waals surface area contributed by atoms with Crippen LogP contribution in [0.2, 0.25) is 0 Å². The first-order valence-corrected chi connectivity index (χ1v) is 7.93. The summed E-state index contributed by atoms with van der Waals surface area (Å²) < 4.78 is 0.833. The molecule has 1 aromatic carbocycles. The van der Waals surface area contributed by atoms with Crippen LogP contribution in [0.3, 0.4) is 0 Å². The van der Waals surface area contributed by atoms with E-state index in [9.17, 15) is 4.79 Å². The second-order valence-electron chi connectivity index (χ2n) is 5.40. The van der Waals surface area contributed by atoms with Crippen LogP contribution in [0, 0.1) is 6.92 Å².